The van der Waals surface area contributed by atoms with Gasteiger partial charge in [-0.25, -0.2) is 0 Å². The molecule has 3 heteroatoms. The summed E-state index contributed by atoms with van der Waals surface area (Å²) in [7, 11) is 0.0496. The van der Waals surface area contributed by atoms with Crippen LogP contribution in [0.3, 0.4) is 0 Å². The zero-order valence-electron chi connectivity index (χ0n) is 19.8. The molecule has 1 spiro atoms. The zero-order chi connectivity index (χ0) is 20.8. The monoisotopic (exact) mass is 480 g/mol. The van der Waals surface area contributed by atoms with Crippen LogP contribution in [0.25, 0.3) is 0 Å². The maximum absolute atomic E-state index is 3.41. The summed E-state index contributed by atoms with van der Waals surface area (Å²) in [6.45, 7) is 18.0. The molecule has 0 aliphatic carbocycles. The molecule has 1 aromatic carbocycles. The first-order chi connectivity index (χ1) is 13.7. The van der Waals surface area contributed by atoms with Crippen molar-refractivity contribution >= 4 is 21.1 Å². The first-order valence-corrected chi connectivity index (χ1v) is 21.9. The third-order valence-electron chi connectivity index (χ3n) is 19.0. The summed E-state index contributed by atoms with van der Waals surface area (Å²) in [6.07, 6.45) is 0. The van der Waals surface area contributed by atoms with Gasteiger partial charge in [-0.3, -0.25) is 0 Å². The zero-order valence-corrected chi connectivity index (χ0v) is 22.7. The molecular formula is C27H38FeP2. The van der Waals surface area contributed by atoms with E-state index in [2.05, 4.69) is 85.5 Å². The van der Waals surface area contributed by atoms with Crippen LogP contribution in [0.15, 0.2) is 30.3 Å². The van der Waals surface area contributed by atoms with Gasteiger partial charge in [0.1, 0.15) is 0 Å². The first-order valence-electron chi connectivity index (χ1n) is 12.5. The quantitative estimate of drug-likeness (QED) is 0.299. The Balaban J connectivity index is 1.24. The van der Waals surface area contributed by atoms with Gasteiger partial charge in [-0.1, -0.05) is 0 Å². The van der Waals surface area contributed by atoms with Gasteiger partial charge in [0.15, 0.2) is 0 Å². The van der Waals surface area contributed by atoms with Crippen molar-refractivity contribution in [1.29, 1.82) is 0 Å². The van der Waals surface area contributed by atoms with Crippen molar-refractivity contribution in [3.63, 3.8) is 0 Å². The van der Waals surface area contributed by atoms with Crippen LogP contribution in [0.1, 0.15) is 48.5 Å². The van der Waals surface area contributed by atoms with Gasteiger partial charge in [-0.15, -0.1) is 0 Å². The standard InChI is InChI=1S/C22H33P2.C5H5.Fe/c1-17(24(21(2,3)4)22(5,6)7)19-15-12-16-20(19)23(8)18-13-10-9-11-14-18;1-2-4-5-3-1;/h9-17H,1-8H3;1-5H;. The van der Waals surface area contributed by atoms with E-state index in [9.17, 15) is 0 Å². The van der Waals surface area contributed by atoms with Crippen LogP contribution in [-0.4, -0.2) is 26.7 Å². The molecule has 0 radical (unpaired) electrons. The molecule has 30 heavy (non-hydrogen) atoms. The minimum atomic E-state index is -3.41. The van der Waals surface area contributed by atoms with Crippen LogP contribution in [0, 0.1) is 0 Å². The van der Waals surface area contributed by atoms with Gasteiger partial charge in [-0.05, 0) is 0 Å². The van der Waals surface area contributed by atoms with Crippen molar-refractivity contribution < 1.29 is 6.51 Å². The molecule has 10 heterocycles. The van der Waals surface area contributed by atoms with E-state index < -0.39 is 6.51 Å². The van der Waals surface area contributed by atoms with Crippen molar-refractivity contribution in [2.24, 2.45) is 0 Å². The number of fused-ring (bicyclic) bond motifs is 10. The van der Waals surface area contributed by atoms with Crippen molar-refractivity contribution in [2.75, 3.05) is 6.66 Å². The van der Waals surface area contributed by atoms with Gasteiger partial charge in [0.2, 0.25) is 0 Å². The normalized spacial score (nSPS) is 78.7. The Labute approximate surface area is 175 Å². The minimum absolute atomic E-state index is 0.00983. The second-order valence-electron chi connectivity index (χ2n) is 17.0. The molecule has 0 amide bonds. The fourth-order valence-electron chi connectivity index (χ4n) is 22.0. The molecule has 10 aliphatic heterocycles. The Kier molecular flexibility index (Phi) is 1.07. The van der Waals surface area contributed by atoms with Gasteiger partial charge in [0, 0.05) is 0 Å². The first kappa shape index (κ1) is 16.3. The Hall–Kier alpha value is 0.599. The maximum atomic E-state index is 2.87. The van der Waals surface area contributed by atoms with Crippen molar-refractivity contribution in [2.45, 2.75) is 111 Å². The summed E-state index contributed by atoms with van der Waals surface area (Å²) in [6, 6.07) is 12.1. The predicted molar refractivity (Wildman–Crippen MR) is 130 cm³/mol. The van der Waals surface area contributed by atoms with E-state index in [-0.39, 0.29) is 15.8 Å². The molecule has 164 valence electrons. The third kappa shape index (κ3) is 0.304. The molecule has 0 N–H and O–H groups in total. The van der Waals surface area contributed by atoms with E-state index in [0.717, 1.165) is 14.0 Å². The summed E-state index contributed by atoms with van der Waals surface area (Å²) >= 11 is 0. The predicted octanol–water partition coefficient (Wildman–Crippen LogP) is 8.56. The van der Waals surface area contributed by atoms with Gasteiger partial charge >= 0.3 is 176 Å². The van der Waals surface area contributed by atoms with E-state index in [1.807, 2.05) is 0 Å². The number of rotatable bonds is 4. The average molecular weight is 480 g/mol. The van der Waals surface area contributed by atoms with Crippen LogP contribution in [0.5, 0.6) is 0 Å². The molecule has 10 saturated heterocycles. The molecule has 0 nitrogen and oxygen atoms in total. The molecule has 6 unspecified atom stereocenters. The van der Waals surface area contributed by atoms with Gasteiger partial charge < -0.3 is 0 Å². The summed E-state index contributed by atoms with van der Waals surface area (Å²) in [5.41, 5.74) is 1.05. The van der Waals surface area contributed by atoms with Crippen molar-refractivity contribution in [1.82, 2.24) is 0 Å². The van der Waals surface area contributed by atoms with Crippen LogP contribution in [0.2, 0.25) is 42.8 Å². The molecule has 0 aromatic heterocycles. The van der Waals surface area contributed by atoms with Gasteiger partial charge in [-0.2, -0.15) is 0 Å². The Morgan fingerprint density at radius 2 is 1.30 bits per heavy atom. The molecule has 7 atom stereocenters. The Bertz CT molecular complexity index is 1460. The van der Waals surface area contributed by atoms with Crippen LogP contribution in [-0.2, 0) is 6.51 Å². The van der Waals surface area contributed by atoms with Crippen LogP contribution in [0.4, 0.5) is 0 Å². The van der Waals surface area contributed by atoms with E-state index in [4.69, 9.17) is 0 Å². The Morgan fingerprint density at radius 1 is 0.800 bits per heavy atom. The number of benzene rings is 1. The second kappa shape index (κ2) is 1.98. The van der Waals surface area contributed by atoms with E-state index in [1.165, 1.54) is 38.5 Å². The van der Waals surface area contributed by atoms with Crippen molar-refractivity contribution in [3.8, 4) is 0 Å². The summed E-state index contributed by atoms with van der Waals surface area (Å²) in [4.78, 5) is 11.3. The van der Waals surface area contributed by atoms with Gasteiger partial charge in [0.05, 0.1) is 0 Å². The Morgan fingerprint density at radius 3 is 1.70 bits per heavy atom. The third-order valence-corrected chi connectivity index (χ3v) is 73.6. The summed E-state index contributed by atoms with van der Waals surface area (Å²) < 4.78 is 1.94. The molecule has 10 fully saturated rings. The number of hydrogen-bond donors (Lipinski definition) is 0. The van der Waals surface area contributed by atoms with Crippen LogP contribution >= 0.6 is 15.8 Å². The molecular weight excluding hydrogens is 442 g/mol. The van der Waals surface area contributed by atoms with Gasteiger partial charge in [0.25, 0.3) is 0 Å². The molecule has 0 saturated carbocycles. The molecule has 1 aromatic rings. The van der Waals surface area contributed by atoms with Crippen molar-refractivity contribution in [3.05, 3.63) is 30.3 Å². The fourth-order valence-corrected chi connectivity index (χ4v) is 123. The summed E-state index contributed by atoms with van der Waals surface area (Å²) in [5, 5.41) is 2.76. The van der Waals surface area contributed by atoms with E-state index in [0.29, 0.717) is 10.3 Å². The molecule has 0 bridgehead atoms. The molecule has 11 rings (SSSR count). The SMILES string of the molecule is CC(P(C(C)(C)C)C(C)(C)C)[C@@]12[CH]3[CH]4[CH]5[C]1(P(C)c1ccccc1)[Fe]45321678[CH]2[CH]1[CH]6[CH]7[CH]28. The fraction of sp³-hybridized carbons (Fsp3) is 0.778. The summed E-state index contributed by atoms with van der Waals surface area (Å²) in [5.74, 6) is 0. The van der Waals surface area contributed by atoms with Crippen LogP contribution < -0.4 is 5.30 Å². The average Bonchev–Trinajstić information content (AvgIpc) is 3.59. The molecule has 10 aliphatic rings. The second-order valence-corrected chi connectivity index (χ2v) is 47.2. The number of hydrogen-bond acceptors (Lipinski definition) is 0. The van der Waals surface area contributed by atoms with E-state index >= 15 is 0 Å². The van der Waals surface area contributed by atoms with E-state index in [1.54, 1.807) is 5.30 Å². The topological polar surface area (TPSA) is 0 Å².